The molecule has 1 aliphatic carbocycles. The molecule has 0 atom stereocenters. The highest BCUT2D eigenvalue weighted by Crippen LogP contribution is 2.32. The van der Waals surface area contributed by atoms with E-state index < -0.39 is 11.5 Å². The highest BCUT2D eigenvalue weighted by Gasteiger charge is 2.22. The zero-order chi connectivity index (χ0) is 19.5. The summed E-state index contributed by atoms with van der Waals surface area (Å²) >= 11 is 6.14. The van der Waals surface area contributed by atoms with Crippen molar-refractivity contribution in [2.75, 3.05) is 10.6 Å². The third-order valence-electron chi connectivity index (χ3n) is 5.12. The fourth-order valence-corrected chi connectivity index (χ4v) is 3.91. The number of halogens is 1. The maximum atomic E-state index is 12.8. The van der Waals surface area contributed by atoms with Crippen LogP contribution in [-0.2, 0) is 0 Å². The zero-order valence-electron chi connectivity index (χ0n) is 15.3. The fraction of sp³-hybridized carbons (Fsp3) is 0.273. The molecule has 1 amide bonds. The molecule has 1 saturated carbocycles. The summed E-state index contributed by atoms with van der Waals surface area (Å²) in [4.78, 5) is 25.5. The smallest absolute Gasteiger partial charge is 0.362 e. The van der Waals surface area contributed by atoms with Gasteiger partial charge in [-0.05, 0) is 37.1 Å². The highest BCUT2D eigenvalue weighted by atomic mass is 35.5. The molecule has 6 heteroatoms. The van der Waals surface area contributed by atoms with Gasteiger partial charge in [-0.15, -0.1) is 0 Å². The molecule has 4 rings (SSSR count). The van der Waals surface area contributed by atoms with Gasteiger partial charge in [0.1, 0.15) is 5.58 Å². The normalized spacial score (nSPS) is 14.8. The van der Waals surface area contributed by atoms with Crippen molar-refractivity contribution >= 4 is 39.9 Å². The number of carbonyl (C=O) groups is 1. The van der Waals surface area contributed by atoms with Gasteiger partial charge in [-0.3, -0.25) is 4.79 Å². The molecule has 1 heterocycles. The summed E-state index contributed by atoms with van der Waals surface area (Å²) in [5.74, 6) is -0.445. The molecule has 3 aromatic rings. The van der Waals surface area contributed by atoms with Crippen LogP contribution >= 0.6 is 11.6 Å². The van der Waals surface area contributed by atoms with E-state index in [0.717, 1.165) is 31.1 Å². The molecule has 5 nitrogen and oxygen atoms in total. The van der Waals surface area contributed by atoms with Crippen LogP contribution in [0.3, 0.4) is 0 Å². The third kappa shape index (κ3) is 3.76. The van der Waals surface area contributed by atoms with Crippen LogP contribution in [0.15, 0.2) is 57.7 Å². The summed E-state index contributed by atoms with van der Waals surface area (Å²) < 4.78 is 5.45. The van der Waals surface area contributed by atoms with Crippen LogP contribution in [0, 0.1) is 0 Å². The first-order valence-electron chi connectivity index (χ1n) is 9.52. The number of hydrogen-bond donors (Lipinski definition) is 2. The van der Waals surface area contributed by atoms with Crippen molar-refractivity contribution in [2.24, 2.45) is 0 Å². The monoisotopic (exact) mass is 396 g/mol. The van der Waals surface area contributed by atoms with E-state index in [1.165, 1.54) is 6.42 Å². The van der Waals surface area contributed by atoms with Gasteiger partial charge >= 0.3 is 5.63 Å². The lowest BCUT2D eigenvalue weighted by molar-refractivity contribution is 0.102. The van der Waals surface area contributed by atoms with Crippen molar-refractivity contribution < 1.29 is 9.21 Å². The minimum absolute atomic E-state index is 0.120. The van der Waals surface area contributed by atoms with Crippen molar-refractivity contribution in [3.05, 3.63) is 69.5 Å². The number of fused-ring (bicyclic) bond motifs is 1. The van der Waals surface area contributed by atoms with Crippen molar-refractivity contribution in [1.29, 1.82) is 0 Å². The molecule has 28 heavy (non-hydrogen) atoms. The molecule has 144 valence electrons. The summed E-state index contributed by atoms with van der Waals surface area (Å²) in [5.41, 5.74) is 0.938. The highest BCUT2D eigenvalue weighted by molar-refractivity contribution is 6.34. The van der Waals surface area contributed by atoms with Crippen molar-refractivity contribution in [3.8, 4) is 0 Å². The Bertz CT molecular complexity index is 1070. The molecule has 1 aliphatic rings. The van der Waals surface area contributed by atoms with Crippen LogP contribution in [0.25, 0.3) is 11.0 Å². The first-order chi connectivity index (χ1) is 13.6. The van der Waals surface area contributed by atoms with E-state index in [1.807, 2.05) is 18.2 Å². The lowest BCUT2D eigenvalue weighted by atomic mass is 9.95. The van der Waals surface area contributed by atoms with Crippen LogP contribution < -0.4 is 16.3 Å². The van der Waals surface area contributed by atoms with Gasteiger partial charge in [-0.1, -0.05) is 55.1 Å². The molecule has 2 N–H and O–H groups in total. The largest absolute Gasteiger partial charge is 0.421 e. The molecule has 0 bridgehead atoms. The Labute approximate surface area is 167 Å². The summed E-state index contributed by atoms with van der Waals surface area (Å²) in [7, 11) is 0. The zero-order valence-corrected chi connectivity index (χ0v) is 16.1. The van der Waals surface area contributed by atoms with Crippen LogP contribution in [0.2, 0.25) is 5.02 Å². The number of amides is 1. The molecule has 0 saturated heterocycles. The Kier molecular flexibility index (Phi) is 5.35. The predicted molar refractivity (Wildman–Crippen MR) is 112 cm³/mol. The topological polar surface area (TPSA) is 71.3 Å². The van der Waals surface area contributed by atoms with Gasteiger partial charge < -0.3 is 15.1 Å². The van der Waals surface area contributed by atoms with E-state index in [2.05, 4.69) is 10.6 Å². The van der Waals surface area contributed by atoms with Crippen LogP contribution in [0.5, 0.6) is 0 Å². The van der Waals surface area contributed by atoms with Gasteiger partial charge in [-0.25, -0.2) is 4.79 Å². The predicted octanol–water partition coefficient (Wildman–Crippen LogP) is 5.44. The van der Waals surface area contributed by atoms with Crippen LogP contribution in [0.4, 0.5) is 11.4 Å². The number of hydrogen-bond acceptors (Lipinski definition) is 4. The van der Waals surface area contributed by atoms with E-state index in [0.29, 0.717) is 21.9 Å². The number of carbonyl (C=O) groups excluding carboxylic acids is 1. The number of anilines is 2. The first kappa shape index (κ1) is 18.6. The second-order valence-corrected chi connectivity index (χ2v) is 7.46. The van der Waals surface area contributed by atoms with Gasteiger partial charge in [0, 0.05) is 11.4 Å². The number of para-hydroxylation sites is 1. The first-order valence-corrected chi connectivity index (χ1v) is 9.89. The fourth-order valence-electron chi connectivity index (χ4n) is 3.69. The van der Waals surface area contributed by atoms with Gasteiger partial charge in [0.2, 0.25) is 0 Å². The van der Waals surface area contributed by atoms with Crippen LogP contribution in [0.1, 0.15) is 42.5 Å². The van der Waals surface area contributed by atoms with Crippen molar-refractivity contribution in [1.82, 2.24) is 0 Å². The van der Waals surface area contributed by atoms with Crippen LogP contribution in [-0.4, -0.2) is 11.9 Å². The van der Waals surface area contributed by atoms with Gasteiger partial charge in [0.15, 0.2) is 5.69 Å². The molecule has 2 aromatic carbocycles. The van der Waals surface area contributed by atoms with E-state index in [-0.39, 0.29) is 11.7 Å². The van der Waals surface area contributed by atoms with Gasteiger partial charge in [0.05, 0.1) is 16.3 Å². The number of nitrogens with one attached hydrogen (secondary N) is 2. The Balaban J connectivity index is 1.77. The maximum Gasteiger partial charge on any atom is 0.362 e. The van der Waals surface area contributed by atoms with Crippen molar-refractivity contribution in [3.63, 3.8) is 0 Å². The molecule has 0 aliphatic heterocycles. The molecule has 0 radical (unpaired) electrons. The Hall–Kier alpha value is -2.79. The number of benzene rings is 2. The summed E-state index contributed by atoms with van der Waals surface area (Å²) in [5, 5.41) is 7.31. The summed E-state index contributed by atoms with van der Waals surface area (Å²) in [6.07, 6.45) is 5.60. The van der Waals surface area contributed by atoms with E-state index >= 15 is 0 Å². The Morgan fingerprint density at radius 3 is 2.46 bits per heavy atom. The standard InChI is InChI=1S/C22H21ClN2O3/c23-17-12-6-4-10-15(17)21(26)25-20-19(24-14-8-2-1-3-9-14)16-11-5-7-13-18(16)28-22(20)27/h4-7,10-14,24H,1-3,8-9H2,(H,25,26). The minimum Gasteiger partial charge on any atom is -0.421 e. The van der Waals surface area contributed by atoms with E-state index in [1.54, 1.807) is 30.3 Å². The van der Waals surface area contributed by atoms with Gasteiger partial charge in [-0.2, -0.15) is 0 Å². The lowest BCUT2D eigenvalue weighted by Gasteiger charge is -2.25. The molecule has 0 unspecified atom stereocenters. The minimum atomic E-state index is -0.586. The Morgan fingerprint density at radius 1 is 0.964 bits per heavy atom. The summed E-state index contributed by atoms with van der Waals surface area (Å²) in [6, 6.07) is 14.3. The molecular formula is C22H21ClN2O3. The number of rotatable bonds is 4. The molecule has 1 aromatic heterocycles. The quantitative estimate of drug-likeness (QED) is 0.576. The third-order valence-corrected chi connectivity index (χ3v) is 5.45. The van der Waals surface area contributed by atoms with Gasteiger partial charge in [0.25, 0.3) is 5.91 Å². The second kappa shape index (κ2) is 8.07. The summed E-state index contributed by atoms with van der Waals surface area (Å²) in [6.45, 7) is 0. The SMILES string of the molecule is O=C(Nc1c(NC2CCCCC2)c2ccccc2oc1=O)c1ccccc1Cl. The average Bonchev–Trinajstić information content (AvgIpc) is 2.71. The van der Waals surface area contributed by atoms with E-state index in [4.69, 9.17) is 16.0 Å². The molecular weight excluding hydrogens is 376 g/mol. The van der Waals surface area contributed by atoms with E-state index in [9.17, 15) is 9.59 Å². The average molecular weight is 397 g/mol. The lowest BCUT2D eigenvalue weighted by Crippen LogP contribution is -2.26. The van der Waals surface area contributed by atoms with Crippen molar-refractivity contribution in [2.45, 2.75) is 38.1 Å². The molecule has 0 spiro atoms. The Morgan fingerprint density at radius 2 is 1.68 bits per heavy atom. The molecule has 1 fully saturated rings. The second-order valence-electron chi connectivity index (χ2n) is 7.05. The maximum absolute atomic E-state index is 12.8.